The van der Waals surface area contributed by atoms with Gasteiger partial charge in [-0.2, -0.15) is 0 Å². The van der Waals surface area contributed by atoms with Gasteiger partial charge in [0.25, 0.3) is 0 Å². The Kier molecular flexibility index (Phi) is 1.54. The summed E-state index contributed by atoms with van der Waals surface area (Å²) in [4.78, 5) is 0. The van der Waals surface area contributed by atoms with Crippen molar-refractivity contribution in [1.82, 2.24) is 9.03 Å². The number of rotatable bonds is 1. The molecule has 0 bridgehead atoms. The van der Waals surface area contributed by atoms with E-state index in [0.29, 0.717) is 0 Å². The minimum absolute atomic E-state index is 0.886. The fraction of sp³-hybridized carbons (Fsp3) is 0.143. The van der Waals surface area contributed by atoms with Crippen LogP contribution in [0.1, 0.15) is 0 Å². The molecule has 2 aliphatic heterocycles. The zero-order valence-corrected chi connectivity index (χ0v) is 6.89. The lowest BCUT2D eigenvalue weighted by molar-refractivity contribution is 0.304. The second kappa shape index (κ2) is 2.54. The lowest BCUT2D eigenvalue weighted by atomic mass is 10.3. The number of allylic oxidation sites excluding steroid dienone is 2. The van der Waals surface area contributed by atoms with Crippen LogP contribution in [0.15, 0.2) is 36.0 Å². The van der Waals surface area contributed by atoms with Crippen LogP contribution in [0.3, 0.4) is 0 Å². The molecule has 2 rings (SSSR count). The molecular weight excluding hydrogens is 160 g/mol. The molecule has 4 heteroatoms. The number of ether oxygens (including phenoxy) is 1. The summed E-state index contributed by atoms with van der Waals surface area (Å²) in [5.41, 5.74) is 1.12. The van der Waals surface area contributed by atoms with E-state index in [1.165, 1.54) is 0 Å². The van der Waals surface area contributed by atoms with E-state index in [0.717, 1.165) is 11.5 Å². The van der Waals surface area contributed by atoms with Gasteiger partial charge in [0.1, 0.15) is 5.76 Å². The lowest BCUT2D eigenvalue weighted by Gasteiger charge is -2.16. The highest BCUT2D eigenvalue weighted by molar-refractivity contribution is 7.95. The number of nitrogens with one attached hydrogen (secondary N) is 1. The standard InChI is InChI=1S/C7H8N2OS/c1-10-7-2-3-9-6(4-7)5-8-11-9/h2-5,8H,1H3. The number of fused-ring (bicyclic) bond motifs is 1. The van der Waals surface area contributed by atoms with Gasteiger partial charge in [-0.3, -0.25) is 4.31 Å². The van der Waals surface area contributed by atoms with Crippen molar-refractivity contribution in [3.8, 4) is 0 Å². The molecule has 0 saturated carbocycles. The fourth-order valence-electron chi connectivity index (χ4n) is 0.944. The van der Waals surface area contributed by atoms with Crippen molar-refractivity contribution in [2.24, 2.45) is 0 Å². The van der Waals surface area contributed by atoms with E-state index in [-0.39, 0.29) is 0 Å². The third-order valence-corrected chi connectivity index (χ3v) is 2.26. The molecule has 0 aromatic heterocycles. The molecule has 3 nitrogen and oxygen atoms in total. The Morgan fingerprint density at radius 2 is 2.55 bits per heavy atom. The van der Waals surface area contributed by atoms with E-state index in [1.807, 2.05) is 28.9 Å². The number of methoxy groups -OCH3 is 1. The van der Waals surface area contributed by atoms with Crippen molar-refractivity contribution in [2.75, 3.05) is 7.11 Å². The Labute approximate surface area is 69.7 Å². The third-order valence-electron chi connectivity index (χ3n) is 1.51. The van der Waals surface area contributed by atoms with E-state index in [1.54, 1.807) is 19.2 Å². The largest absolute Gasteiger partial charge is 0.497 e. The first kappa shape index (κ1) is 6.67. The molecule has 0 aromatic rings. The van der Waals surface area contributed by atoms with Crippen LogP contribution in [0.25, 0.3) is 0 Å². The van der Waals surface area contributed by atoms with Gasteiger partial charge in [0.15, 0.2) is 0 Å². The van der Waals surface area contributed by atoms with E-state index in [4.69, 9.17) is 4.74 Å². The van der Waals surface area contributed by atoms with Gasteiger partial charge in [0.2, 0.25) is 0 Å². The topological polar surface area (TPSA) is 24.5 Å². The molecule has 11 heavy (non-hydrogen) atoms. The normalized spacial score (nSPS) is 20.3. The Bertz CT molecular complexity index is 257. The average Bonchev–Trinajstić information content (AvgIpc) is 2.50. The second-order valence-electron chi connectivity index (χ2n) is 2.17. The van der Waals surface area contributed by atoms with Gasteiger partial charge < -0.3 is 9.46 Å². The Morgan fingerprint density at radius 1 is 1.64 bits per heavy atom. The van der Waals surface area contributed by atoms with Crippen molar-refractivity contribution < 1.29 is 4.74 Å². The minimum atomic E-state index is 0.886. The first-order valence-corrected chi connectivity index (χ1v) is 4.03. The van der Waals surface area contributed by atoms with Gasteiger partial charge >= 0.3 is 0 Å². The van der Waals surface area contributed by atoms with E-state index in [9.17, 15) is 0 Å². The highest BCUT2D eigenvalue weighted by Crippen LogP contribution is 2.27. The van der Waals surface area contributed by atoms with Crippen molar-refractivity contribution in [3.05, 3.63) is 36.0 Å². The molecule has 0 fully saturated rings. The van der Waals surface area contributed by atoms with Gasteiger partial charge in [0, 0.05) is 18.5 Å². The van der Waals surface area contributed by atoms with Gasteiger partial charge in [-0.25, -0.2) is 0 Å². The van der Waals surface area contributed by atoms with Crippen molar-refractivity contribution >= 4 is 12.1 Å². The molecule has 0 saturated heterocycles. The summed E-state index contributed by atoms with van der Waals surface area (Å²) in [6.45, 7) is 0. The molecule has 2 aliphatic rings. The Balaban J connectivity index is 2.25. The third kappa shape index (κ3) is 1.09. The van der Waals surface area contributed by atoms with Gasteiger partial charge in [-0.15, -0.1) is 0 Å². The molecule has 58 valence electrons. The number of nitrogens with zero attached hydrogens (tertiary/aromatic N) is 1. The van der Waals surface area contributed by atoms with Crippen LogP contribution in [-0.2, 0) is 4.74 Å². The SMILES string of the molecule is COC1=CC2=CNSN2C=C1. The summed E-state index contributed by atoms with van der Waals surface area (Å²) in [7, 11) is 1.67. The molecule has 0 amide bonds. The zero-order valence-electron chi connectivity index (χ0n) is 6.07. The van der Waals surface area contributed by atoms with E-state index < -0.39 is 0 Å². The van der Waals surface area contributed by atoms with Crippen molar-refractivity contribution in [1.29, 1.82) is 0 Å². The summed E-state index contributed by atoms with van der Waals surface area (Å²) in [5.74, 6) is 0.886. The maximum absolute atomic E-state index is 5.07. The summed E-state index contributed by atoms with van der Waals surface area (Å²) in [5, 5.41) is 0. The molecule has 1 N–H and O–H groups in total. The maximum atomic E-state index is 5.07. The first-order chi connectivity index (χ1) is 5.40. The lowest BCUT2D eigenvalue weighted by Crippen LogP contribution is -2.06. The van der Waals surface area contributed by atoms with Crippen LogP contribution in [0.5, 0.6) is 0 Å². The highest BCUT2D eigenvalue weighted by atomic mass is 32.2. The quantitative estimate of drug-likeness (QED) is 0.597. The van der Waals surface area contributed by atoms with Crippen molar-refractivity contribution in [3.63, 3.8) is 0 Å². The smallest absolute Gasteiger partial charge is 0.122 e. The Hall–Kier alpha value is -1.03. The van der Waals surface area contributed by atoms with E-state index in [2.05, 4.69) is 4.72 Å². The number of hydrogen-bond donors (Lipinski definition) is 1. The average molecular weight is 168 g/mol. The molecule has 0 atom stereocenters. The zero-order chi connectivity index (χ0) is 7.68. The summed E-state index contributed by atoms with van der Waals surface area (Å²) >= 11 is 1.54. The number of hydrogen-bond acceptors (Lipinski definition) is 4. The van der Waals surface area contributed by atoms with Crippen LogP contribution >= 0.6 is 12.1 Å². The van der Waals surface area contributed by atoms with Crippen molar-refractivity contribution in [2.45, 2.75) is 0 Å². The van der Waals surface area contributed by atoms with Gasteiger partial charge in [0.05, 0.1) is 24.9 Å². The summed E-state index contributed by atoms with van der Waals surface area (Å²) in [6, 6.07) is 0. The minimum Gasteiger partial charge on any atom is -0.497 e. The van der Waals surface area contributed by atoms with Crippen LogP contribution in [-0.4, -0.2) is 11.4 Å². The monoisotopic (exact) mass is 168 g/mol. The highest BCUT2D eigenvalue weighted by Gasteiger charge is 2.15. The van der Waals surface area contributed by atoms with Crippen LogP contribution in [0.2, 0.25) is 0 Å². The molecule has 0 radical (unpaired) electrons. The predicted molar refractivity (Wildman–Crippen MR) is 44.9 cm³/mol. The molecule has 0 aliphatic carbocycles. The fourth-order valence-corrected chi connectivity index (χ4v) is 1.56. The van der Waals surface area contributed by atoms with Crippen LogP contribution < -0.4 is 4.72 Å². The molecule has 0 aromatic carbocycles. The van der Waals surface area contributed by atoms with Gasteiger partial charge in [-0.1, -0.05) is 0 Å². The molecule has 2 heterocycles. The van der Waals surface area contributed by atoms with Gasteiger partial charge in [-0.05, 0) is 6.08 Å². The van der Waals surface area contributed by atoms with Crippen LogP contribution in [0, 0.1) is 0 Å². The molecule has 0 unspecified atom stereocenters. The summed E-state index contributed by atoms with van der Waals surface area (Å²) in [6.07, 6.45) is 7.81. The maximum Gasteiger partial charge on any atom is 0.122 e. The predicted octanol–water partition coefficient (Wildman–Crippen LogP) is 1.35. The second-order valence-corrected chi connectivity index (χ2v) is 2.98. The van der Waals surface area contributed by atoms with Crippen LogP contribution in [0.4, 0.5) is 0 Å². The molecule has 0 spiro atoms. The summed E-state index contributed by atoms with van der Waals surface area (Å²) < 4.78 is 10.1. The van der Waals surface area contributed by atoms with E-state index >= 15 is 0 Å². The first-order valence-electron chi connectivity index (χ1n) is 3.26. The Morgan fingerprint density at radius 3 is 3.36 bits per heavy atom. The molecular formula is C7H8N2OS.